The minimum Gasteiger partial charge on any atom is -0.508 e. The number of rotatable bonds is 7. The van der Waals surface area contributed by atoms with Gasteiger partial charge in [0, 0.05) is 36.0 Å². The number of nitrogens with zero attached hydrogens (tertiary/aromatic N) is 1. The van der Waals surface area contributed by atoms with E-state index in [0.29, 0.717) is 11.3 Å². The number of pyridine rings is 1. The van der Waals surface area contributed by atoms with Crippen LogP contribution < -0.4 is 5.32 Å². The Bertz CT molecular complexity index is 949. The van der Waals surface area contributed by atoms with Crippen molar-refractivity contribution >= 4 is 17.4 Å². The van der Waals surface area contributed by atoms with E-state index in [1.54, 1.807) is 13.8 Å². The average Bonchev–Trinajstić information content (AvgIpc) is 2.63. The van der Waals surface area contributed by atoms with Crippen molar-refractivity contribution < 1.29 is 24.2 Å². The molecule has 0 saturated heterocycles. The van der Waals surface area contributed by atoms with Gasteiger partial charge in [-0.15, -0.1) is 0 Å². The molecule has 1 aromatic heterocycles. The van der Waals surface area contributed by atoms with Gasteiger partial charge in [0.2, 0.25) is 5.91 Å². The monoisotopic (exact) mass is 416 g/mol. The van der Waals surface area contributed by atoms with Crippen LogP contribution in [-0.2, 0) is 16.6 Å². The summed E-state index contributed by atoms with van der Waals surface area (Å²) in [4.78, 5) is 28.8. The van der Waals surface area contributed by atoms with E-state index in [0.717, 1.165) is 0 Å². The number of nitrogens with one attached hydrogen (secondary N) is 1. The first-order valence-corrected chi connectivity index (χ1v) is 9.74. The molecule has 1 heterocycles. The van der Waals surface area contributed by atoms with Crippen LogP contribution in [0.4, 0.5) is 10.1 Å². The first-order chi connectivity index (χ1) is 13.8. The van der Waals surface area contributed by atoms with Gasteiger partial charge in [-0.25, -0.2) is 4.39 Å². The molecule has 0 aliphatic carbocycles. The van der Waals surface area contributed by atoms with Gasteiger partial charge in [-0.3, -0.25) is 14.6 Å². The molecular formula is C23H29FN2O4. The number of amides is 1. The lowest BCUT2D eigenvalue weighted by molar-refractivity contribution is -0.115. The largest absolute Gasteiger partial charge is 0.508 e. The fourth-order valence-corrected chi connectivity index (χ4v) is 2.96. The Morgan fingerprint density at radius 3 is 2.40 bits per heavy atom. The fraction of sp³-hybridized carbons (Fsp3) is 0.435. The van der Waals surface area contributed by atoms with Crippen molar-refractivity contribution in [2.45, 2.75) is 52.9 Å². The Hall–Kier alpha value is -2.80. The summed E-state index contributed by atoms with van der Waals surface area (Å²) in [6.45, 7) is 8.98. The number of phenols is 1. The molecule has 2 rings (SSSR count). The molecule has 0 aliphatic heterocycles. The van der Waals surface area contributed by atoms with E-state index < -0.39 is 22.6 Å². The number of phenolic OH excluding ortho intramolecular Hbond substituents is 1. The summed E-state index contributed by atoms with van der Waals surface area (Å²) >= 11 is 0. The number of anilines is 1. The standard InChI is InChI=1S/C23H29FN2O4/c1-22(2,3)16-11-17(24)14(8-19(16)28)9-21(30)26-15-6-7-25-18(10-15)20(29)12-23(4,5)13-27/h6-8,10-11,27-28H,9,12-13H2,1-5H3,(H,25,26,30). The normalized spacial score (nSPS) is 12.0. The van der Waals surface area contributed by atoms with Crippen LogP contribution in [0.1, 0.15) is 62.7 Å². The molecule has 0 bridgehead atoms. The minimum atomic E-state index is -0.573. The SMILES string of the molecule is CC(C)(CO)CC(=O)c1cc(NC(=O)Cc2cc(O)c(C(C)(C)C)cc2F)ccn1. The van der Waals surface area contributed by atoms with Gasteiger partial charge in [0.1, 0.15) is 17.3 Å². The predicted molar refractivity (Wildman–Crippen MR) is 113 cm³/mol. The summed E-state index contributed by atoms with van der Waals surface area (Å²) in [5, 5.41) is 22.2. The molecule has 1 amide bonds. The first kappa shape index (κ1) is 23.5. The highest BCUT2D eigenvalue weighted by atomic mass is 19.1. The van der Waals surface area contributed by atoms with Crippen LogP contribution in [0.25, 0.3) is 0 Å². The van der Waals surface area contributed by atoms with Crippen LogP contribution in [-0.4, -0.2) is 33.5 Å². The molecule has 0 spiro atoms. The van der Waals surface area contributed by atoms with Gasteiger partial charge in [0.05, 0.1) is 6.42 Å². The third-order valence-electron chi connectivity index (χ3n) is 4.72. The number of aliphatic hydroxyl groups is 1. The van der Waals surface area contributed by atoms with Crippen molar-refractivity contribution in [3.63, 3.8) is 0 Å². The van der Waals surface area contributed by atoms with Gasteiger partial charge in [-0.2, -0.15) is 0 Å². The highest BCUT2D eigenvalue weighted by Gasteiger charge is 2.23. The molecule has 7 heteroatoms. The van der Waals surface area contributed by atoms with Crippen LogP contribution in [0.5, 0.6) is 5.75 Å². The van der Waals surface area contributed by atoms with Crippen molar-refractivity contribution in [2.24, 2.45) is 5.41 Å². The summed E-state index contributed by atoms with van der Waals surface area (Å²) in [6, 6.07) is 5.50. The Labute approximate surface area is 176 Å². The van der Waals surface area contributed by atoms with E-state index in [4.69, 9.17) is 0 Å². The summed E-state index contributed by atoms with van der Waals surface area (Å²) < 4.78 is 14.5. The molecule has 0 atom stereocenters. The number of aliphatic hydroxyl groups excluding tert-OH is 1. The predicted octanol–water partition coefficient (Wildman–Crippen LogP) is 4.00. The zero-order chi connectivity index (χ0) is 22.7. The second-order valence-electron chi connectivity index (χ2n) is 9.29. The van der Waals surface area contributed by atoms with E-state index in [1.807, 2.05) is 20.8 Å². The van der Waals surface area contributed by atoms with Crippen LogP contribution in [0, 0.1) is 11.2 Å². The Morgan fingerprint density at radius 2 is 1.80 bits per heavy atom. The molecule has 30 heavy (non-hydrogen) atoms. The third-order valence-corrected chi connectivity index (χ3v) is 4.72. The number of hydrogen-bond donors (Lipinski definition) is 3. The van der Waals surface area contributed by atoms with Crippen LogP contribution in [0.3, 0.4) is 0 Å². The second kappa shape index (κ2) is 8.92. The number of carbonyl (C=O) groups is 2. The number of carbonyl (C=O) groups excluding carboxylic acids is 2. The smallest absolute Gasteiger partial charge is 0.228 e. The number of aromatic hydroxyl groups is 1. The Kier molecular flexibility index (Phi) is 6.98. The number of hydrogen-bond acceptors (Lipinski definition) is 5. The van der Waals surface area contributed by atoms with Gasteiger partial charge < -0.3 is 15.5 Å². The van der Waals surface area contributed by atoms with Gasteiger partial charge in [-0.1, -0.05) is 34.6 Å². The van der Waals surface area contributed by atoms with Gasteiger partial charge in [0.15, 0.2) is 5.78 Å². The van der Waals surface area contributed by atoms with Gasteiger partial charge in [0.25, 0.3) is 0 Å². The lowest BCUT2D eigenvalue weighted by Crippen LogP contribution is -2.22. The summed E-state index contributed by atoms with van der Waals surface area (Å²) in [7, 11) is 0. The Morgan fingerprint density at radius 1 is 1.13 bits per heavy atom. The van der Waals surface area contributed by atoms with E-state index in [-0.39, 0.29) is 42.2 Å². The molecule has 1 aromatic carbocycles. The molecule has 162 valence electrons. The molecule has 0 aliphatic rings. The zero-order valence-corrected chi connectivity index (χ0v) is 18.0. The molecular weight excluding hydrogens is 387 g/mol. The number of Topliss-reactive ketones (excluding diaryl/α,β-unsaturated/α-hetero) is 1. The molecule has 0 fully saturated rings. The van der Waals surface area contributed by atoms with E-state index >= 15 is 0 Å². The molecule has 0 radical (unpaired) electrons. The molecule has 3 N–H and O–H groups in total. The lowest BCUT2D eigenvalue weighted by atomic mass is 9.85. The first-order valence-electron chi connectivity index (χ1n) is 9.74. The van der Waals surface area contributed by atoms with Crippen molar-refractivity contribution in [1.29, 1.82) is 0 Å². The zero-order valence-electron chi connectivity index (χ0n) is 18.0. The number of aromatic nitrogens is 1. The topological polar surface area (TPSA) is 99.5 Å². The van der Waals surface area contributed by atoms with Crippen molar-refractivity contribution in [3.05, 3.63) is 53.1 Å². The average molecular weight is 416 g/mol. The maximum Gasteiger partial charge on any atom is 0.228 e. The summed E-state index contributed by atoms with van der Waals surface area (Å²) in [6.07, 6.45) is 1.24. The van der Waals surface area contributed by atoms with Crippen molar-refractivity contribution in [2.75, 3.05) is 11.9 Å². The maximum absolute atomic E-state index is 14.5. The van der Waals surface area contributed by atoms with Gasteiger partial charge in [-0.05, 0) is 35.1 Å². The minimum absolute atomic E-state index is 0.0602. The molecule has 2 aromatic rings. The molecule has 0 unspecified atom stereocenters. The second-order valence-corrected chi connectivity index (χ2v) is 9.29. The van der Waals surface area contributed by atoms with E-state index in [1.165, 1.54) is 30.5 Å². The van der Waals surface area contributed by atoms with Crippen molar-refractivity contribution in [1.82, 2.24) is 4.98 Å². The number of halogens is 1. The Balaban J connectivity index is 2.12. The lowest BCUT2D eigenvalue weighted by Gasteiger charge is -2.21. The highest BCUT2D eigenvalue weighted by molar-refractivity contribution is 5.97. The number of benzene rings is 1. The quantitative estimate of drug-likeness (QED) is 0.593. The third kappa shape index (κ3) is 6.10. The van der Waals surface area contributed by atoms with Crippen molar-refractivity contribution in [3.8, 4) is 5.75 Å². The summed E-state index contributed by atoms with van der Waals surface area (Å²) in [5.41, 5.74) is 0.0663. The van der Waals surface area contributed by atoms with E-state index in [2.05, 4.69) is 10.3 Å². The number of ketones is 1. The molecule has 6 nitrogen and oxygen atoms in total. The van der Waals surface area contributed by atoms with Crippen LogP contribution in [0.2, 0.25) is 0 Å². The van der Waals surface area contributed by atoms with Crippen LogP contribution >= 0.6 is 0 Å². The summed E-state index contributed by atoms with van der Waals surface area (Å²) in [5.74, 6) is -1.37. The molecule has 0 saturated carbocycles. The van der Waals surface area contributed by atoms with E-state index in [9.17, 15) is 24.2 Å². The van der Waals surface area contributed by atoms with Crippen LogP contribution in [0.15, 0.2) is 30.5 Å². The maximum atomic E-state index is 14.5. The highest BCUT2D eigenvalue weighted by Crippen LogP contribution is 2.32. The fourth-order valence-electron chi connectivity index (χ4n) is 2.96. The van der Waals surface area contributed by atoms with Gasteiger partial charge >= 0.3 is 0 Å².